The van der Waals surface area contributed by atoms with Crippen molar-refractivity contribution in [2.75, 3.05) is 19.8 Å². The third kappa shape index (κ3) is 3.37. The van der Waals surface area contributed by atoms with Crippen molar-refractivity contribution in [2.45, 2.75) is 32.8 Å². The van der Waals surface area contributed by atoms with Crippen LogP contribution in [0.2, 0.25) is 0 Å². The molecule has 2 rings (SSSR count). The van der Waals surface area contributed by atoms with Crippen molar-refractivity contribution >= 4 is 0 Å². The quantitative estimate of drug-likeness (QED) is 0.680. The summed E-state index contributed by atoms with van der Waals surface area (Å²) in [6.07, 6.45) is 2.26. The van der Waals surface area contributed by atoms with Crippen LogP contribution < -0.4 is 9.47 Å². The second-order valence-electron chi connectivity index (χ2n) is 4.23. The summed E-state index contributed by atoms with van der Waals surface area (Å²) in [6.45, 7) is 6.46. The van der Waals surface area contributed by atoms with E-state index in [9.17, 15) is 0 Å². The number of hydrogen-bond donors (Lipinski definition) is 0. The summed E-state index contributed by atoms with van der Waals surface area (Å²) in [6, 6.07) is 6.08. The maximum Gasteiger partial charge on any atom is 0.161 e. The van der Waals surface area contributed by atoms with E-state index >= 15 is 0 Å². The first kappa shape index (κ1) is 12.2. The van der Waals surface area contributed by atoms with E-state index in [2.05, 4.69) is 19.9 Å². The van der Waals surface area contributed by atoms with Gasteiger partial charge in [0.1, 0.15) is 6.10 Å². The minimum Gasteiger partial charge on any atom is -0.490 e. The number of ether oxygens (including phenoxy) is 3. The Labute approximate surface area is 103 Å². The molecule has 0 bridgehead atoms. The molecular weight excluding hydrogens is 216 g/mol. The van der Waals surface area contributed by atoms with Gasteiger partial charge in [-0.05, 0) is 30.5 Å². The van der Waals surface area contributed by atoms with Crippen LogP contribution in [0.1, 0.15) is 38.4 Å². The smallest absolute Gasteiger partial charge is 0.161 e. The van der Waals surface area contributed by atoms with E-state index in [0.29, 0.717) is 0 Å². The van der Waals surface area contributed by atoms with E-state index in [4.69, 9.17) is 14.2 Å². The van der Waals surface area contributed by atoms with Crippen molar-refractivity contribution in [1.82, 2.24) is 0 Å². The van der Waals surface area contributed by atoms with Gasteiger partial charge in [-0.25, -0.2) is 0 Å². The van der Waals surface area contributed by atoms with Crippen LogP contribution in [-0.2, 0) is 4.74 Å². The van der Waals surface area contributed by atoms with Crippen LogP contribution in [0.15, 0.2) is 18.2 Å². The standard InChI is InChI=1S/C14H20O3/c1-3-7-15-12-6-5-11(14-10-17-14)9-13(12)16-8-4-2/h5-6,9,14H,3-4,7-8,10H2,1-2H3/t14-/m0/s1. The lowest BCUT2D eigenvalue weighted by Crippen LogP contribution is -2.01. The fraction of sp³-hybridized carbons (Fsp3) is 0.571. The molecule has 0 aliphatic carbocycles. The van der Waals surface area contributed by atoms with Crippen molar-refractivity contribution in [1.29, 1.82) is 0 Å². The predicted molar refractivity (Wildman–Crippen MR) is 66.7 cm³/mol. The van der Waals surface area contributed by atoms with Gasteiger partial charge in [0.25, 0.3) is 0 Å². The molecule has 1 aromatic carbocycles. The molecule has 94 valence electrons. The zero-order valence-corrected chi connectivity index (χ0v) is 10.6. The highest BCUT2D eigenvalue weighted by Crippen LogP contribution is 2.36. The Morgan fingerprint density at radius 1 is 1.12 bits per heavy atom. The molecule has 0 unspecified atom stereocenters. The van der Waals surface area contributed by atoms with Crippen molar-refractivity contribution in [3.05, 3.63) is 23.8 Å². The second kappa shape index (κ2) is 5.92. The van der Waals surface area contributed by atoms with Gasteiger partial charge in [-0.15, -0.1) is 0 Å². The second-order valence-corrected chi connectivity index (χ2v) is 4.23. The van der Waals surface area contributed by atoms with Crippen LogP contribution in [0.3, 0.4) is 0 Å². The summed E-state index contributed by atoms with van der Waals surface area (Å²) in [5, 5.41) is 0. The van der Waals surface area contributed by atoms with Crippen LogP contribution in [0.4, 0.5) is 0 Å². The van der Waals surface area contributed by atoms with Gasteiger partial charge in [0.2, 0.25) is 0 Å². The summed E-state index contributed by atoms with van der Waals surface area (Å²) in [5.41, 5.74) is 1.18. The predicted octanol–water partition coefficient (Wildman–Crippen LogP) is 3.34. The maximum atomic E-state index is 5.72. The van der Waals surface area contributed by atoms with Gasteiger partial charge in [0, 0.05) is 0 Å². The van der Waals surface area contributed by atoms with Crippen molar-refractivity contribution in [3.63, 3.8) is 0 Å². The molecule has 1 heterocycles. The fourth-order valence-corrected chi connectivity index (χ4v) is 1.62. The van der Waals surface area contributed by atoms with Crippen LogP contribution in [0, 0.1) is 0 Å². The first-order chi connectivity index (χ1) is 8.35. The average Bonchev–Trinajstić information content (AvgIpc) is 3.18. The Morgan fingerprint density at radius 2 is 1.76 bits per heavy atom. The molecule has 1 saturated heterocycles. The summed E-state index contributed by atoms with van der Waals surface area (Å²) >= 11 is 0. The molecule has 0 saturated carbocycles. The van der Waals surface area contributed by atoms with E-state index in [0.717, 1.165) is 44.2 Å². The third-order valence-corrected chi connectivity index (χ3v) is 2.60. The minimum atomic E-state index is 0.263. The van der Waals surface area contributed by atoms with Gasteiger partial charge in [0.05, 0.1) is 19.8 Å². The minimum absolute atomic E-state index is 0.263. The molecule has 1 aromatic rings. The zero-order valence-electron chi connectivity index (χ0n) is 10.6. The number of hydrogen-bond acceptors (Lipinski definition) is 3. The Bertz CT molecular complexity index is 358. The lowest BCUT2D eigenvalue weighted by molar-refractivity contribution is 0.268. The van der Waals surface area contributed by atoms with Crippen LogP contribution >= 0.6 is 0 Å². The maximum absolute atomic E-state index is 5.72. The molecular formula is C14H20O3. The molecule has 0 aromatic heterocycles. The molecule has 0 radical (unpaired) electrons. The average molecular weight is 236 g/mol. The summed E-state index contributed by atoms with van der Waals surface area (Å²) in [4.78, 5) is 0. The highest BCUT2D eigenvalue weighted by molar-refractivity contribution is 5.44. The fourth-order valence-electron chi connectivity index (χ4n) is 1.62. The summed E-state index contributed by atoms with van der Waals surface area (Å²) < 4.78 is 16.7. The third-order valence-electron chi connectivity index (χ3n) is 2.60. The van der Waals surface area contributed by atoms with E-state index in [1.807, 2.05) is 12.1 Å². The molecule has 1 aliphatic rings. The number of rotatable bonds is 7. The molecule has 0 N–H and O–H groups in total. The molecule has 1 atom stereocenters. The Balaban J connectivity index is 2.11. The van der Waals surface area contributed by atoms with Crippen molar-refractivity contribution < 1.29 is 14.2 Å². The van der Waals surface area contributed by atoms with Crippen molar-refractivity contribution in [2.24, 2.45) is 0 Å². The monoisotopic (exact) mass is 236 g/mol. The van der Waals surface area contributed by atoms with E-state index in [1.165, 1.54) is 5.56 Å². The molecule has 17 heavy (non-hydrogen) atoms. The Hall–Kier alpha value is -1.22. The van der Waals surface area contributed by atoms with Crippen LogP contribution in [0.25, 0.3) is 0 Å². The van der Waals surface area contributed by atoms with Crippen LogP contribution in [-0.4, -0.2) is 19.8 Å². The molecule has 1 aliphatic heterocycles. The number of epoxide rings is 1. The van der Waals surface area contributed by atoms with Gasteiger partial charge in [-0.2, -0.15) is 0 Å². The first-order valence-electron chi connectivity index (χ1n) is 6.36. The highest BCUT2D eigenvalue weighted by atomic mass is 16.6. The van der Waals surface area contributed by atoms with Crippen LogP contribution in [0.5, 0.6) is 11.5 Å². The lowest BCUT2D eigenvalue weighted by Gasteiger charge is -2.13. The normalized spacial score (nSPS) is 17.9. The van der Waals surface area contributed by atoms with Gasteiger partial charge in [-0.3, -0.25) is 0 Å². The van der Waals surface area contributed by atoms with Gasteiger partial charge < -0.3 is 14.2 Å². The van der Waals surface area contributed by atoms with Gasteiger partial charge in [-0.1, -0.05) is 19.9 Å². The molecule has 3 nitrogen and oxygen atoms in total. The SMILES string of the molecule is CCCOc1ccc([C@@H]2CO2)cc1OCCC. The Morgan fingerprint density at radius 3 is 2.35 bits per heavy atom. The van der Waals surface area contributed by atoms with Crippen molar-refractivity contribution in [3.8, 4) is 11.5 Å². The zero-order chi connectivity index (χ0) is 12.1. The van der Waals surface area contributed by atoms with Gasteiger partial charge >= 0.3 is 0 Å². The number of benzene rings is 1. The van der Waals surface area contributed by atoms with E-state index in [1.54, 1.807) is 0 Å². The first-order valence-corrected chi connectivity index (χ1v) is 6.36. The molecule has 0 amide bonds. The summed E-state index contributed by atoms with van der Waals surface area (Å²) in [5.74, 6) is 1.68. The highest BCUT2D eigenvalue weighted by Gasteiger charge is 2.25. The Kier molecular flexibility index (Phi) is 4.26. The van der Waals surface area contributed by atoms with E-state index in [-0.39, 0.29) is 6.10 Å². The lowest BCUT2D eigenvalue weighted by atomic mass is 10.1. The molecule has 0 spiro atoms. The topological polar surface area (TPSA) is 31.0 Å². The molecule has 1 fully saturated rings. The summed E-state index contributed by atoms with van der Waals surface area (Å²) in [7, 11) is 0. The van der Waals surface area contributed by atoms with E-state index < -0.39 is 0 Å². The van der Waals surface area contributed by atoms with Gasteiger partial charge in [0.15, 0.2) is 11.5 Å². The molecule has 3 heteroatoms. The largest absolute Gasteiger partial charge is 0.490 e.